The molecule has 0 unspecified atom stereocenters. The van der Waals surface area contributed by atoms with Gasteiger partial charge in [0.2, 0.25) is 5.95 Å². The summed E-state index contributed by atoms with van der Waals surface area (Å²) >= 11 is 1.69. The highest BCUT2D eigenvalue weighted by atomic mass is 32.1. The summed E-state index contributed by atoms with van der Waals surface area (Å²) in [5.41, 5.74) is 12.9. The number of anilines is 3. The van der Waals surface area contributed by atoms with Gasteiger partial charge in [0.1, 0.15) is 0 Å². The molecule has 1 aliphatic rings. The van der Waals surface area contributed by atoms with Crippen LogP contribution < -0.4 is 22.1 Å². The van der Waals surface area contributed by atoms with Crippen molar-refractivity contribution in [3.05, 3.63) is 35.3 Å². The highest BCUT2D eigenvalue weighted by Crippen LogP contribution is 2.31. The van der Waals surface area contributed by atoms with E-state index >= 15 is 0 Å². The maximum atomic E-state index is 12.0. The Morgan fingerprint density at radius 3 is 2.88 bits per heavy atom. The van der Waals surface area contributed by atoms with Crippen molar-refractivity contribution in [2.24, 2.45) is 18.5 Å². The smallest absolute Gasteiger partial charge is 0.269 e. The first-order valence-electron chi connectivity index (χ1n) is 8.59. The quantitative estimate of drug-likeness (QED) is 0.533. The number of thiophene rings is 1. The largest absolute Gasteiger partial charge is 0.364 e. The van der Waals surface area contributed by atoms with Gasteiger partial charge in [-0.3, -0.25) is 4.79 Å². The van der Waals surface area contributed by atoms with Gasteiger partial charge >= 0.3 is 0 Å². The summed E-state index contributed by atoms with van der Waals surface area (Å²) in [7, 11) is 1.77. The zero-order valence-electron chi connectivity index (χ0n) is 14.6. The second-order valence-corrected chi connectivity index (χ2v) is 7.87. The molecule has 8 heteroatoms. The molecule has 0 bridgehead atoms. The number of amides is 1. The highest BCUT2D eigenvalue weighted by molar-refractivity contribution is 7.17. The van der Waals surface area contributed by atoms with E-state index in [2.05, 4.69) is 27.1 Å². The number of nitrogens with two attached hydrogens (primary N) is 2. The van der Waals surface area contributed by atoms with E-state index in [9.17, 15) is 4.79 Å². The number of hydrogen-bond donors (Lipinski definition) is 4. The highest BCUT2D eigenvalue weighted by Gasteiger charge is 2.32. The summed E-state index contributed by atoms with van der Waals surface area (Å²) in [4.78, 5) is 16.5. The summed E-state index contributed by atoms with van der Waals surface area (Å²) in [6.07, 6.45) is 3.15. The molecule has 0 saturated heterocycles. The van der Waals surface area contributed by atoms with Crippen LogP contribution in [-0.4, -0.2) is 27.5 Å². The lowest BCUT2D eigenvalue weighted by Gasteiger charge is -2.38. The van der Waals surface area contributed by atoms with Gasteiger partial charge in [-0.1, -0.05) is 0 Å². The molecular formula is C18H22N6OS. The molecule has 0 aliphatic heterocycles. The molecule has 26 heavy (non-hydrogen) atoms. The van der Waals surface area contributed by atoms with E-state index in [4.69, 9.17) is 11.5 Å². The van der Waals surface area contributed by atoms with Crippen LogP contribution in [0.25, 0.3) is 10.1 Å². The van der Waals surface area contributed by atoms with E-state index in [1.807, 2.05) is 18.2 Å². The Hall–Kier alpha value is -2.58. The number of primary amides is 1. The predicted octanol–water partition coefficient (Wildman–Crippen LogP) is 2.77. The van der Waals surface area contributed by atoms with Crippen molar-refractivity contribution in [2.45, 2.75) is 24.8 Å². The van der Waals surface area contributed by atoms with Crippen molar-refractivity contribution >= 4 is 44.8 Å². The van der Waals surface area contributed by atoms with Gasteiger partial charge in [0.25, 0.3) is 5.91 Å². The summed E-state index contributed by atoms with van der Waals surface area (Å²) in [6, 6.07) is 8.10. The Morgan fingerprint density at radius 2 is 2.19 bits per heavy atom. The van der Waals surface area contributed by atoms with Crippen molar-refractivity contribution < 1.29 is 4.79 Å². The average Bonchev–Trinajstić information content (AvgIpc) is 3.15. The second-order valence-electron chi connectivity index (χ2n) is 6.92. The summed E-state index contributed by atoms with van der Waals surface area (Å²) in [5, 5.41) is 9.68. The van der Waals surface area contributed by atoms with Crippen molar-refractivity contribution in [1.82, 2.24) is 9.55 Å². The monoisotopic (exact) mass is 370 g/mol. The molecule has 4 rings (SSSR count). The fourth-order valence-electron chi connectivity index (χ4n) is 3.27. The molecule has 2 aromatic heterocycles. The van der Waals surface area contributed by atoms with Crippen LogP contribution in [0.2, 0.25) is 0 Å². The third kappa shape index (κ3) is 3.02. The van der Waals surface area contributed by atoms with E-state index < -0.39 is 5.91 Å². The van der Waals surface area contributed by atoms with Gasteiger partial charge in [-0.25, -0.2) is 0 Å². The molecule has 136 valence electrons. The molecular weight excluding hydrogens is 348 g/mol. The molecule has 1 saturated carbocycles. The molecule has 1 fully saturated rings. The van der Waals surface area contributed by atoms with Gasteiger partial charge in [0, 0.05) is 29.5 Å². The van der Waals surface area contributed by atoms with Crippen LogP contribution in [-0.2, 0) is 7.05 Å². The lowest BCUT2D eigenvalue weighted by molar-refractivity contribution is 0.0993. The minimum absolute atomic E-state index is 0.184. The van der Waals surface area contributed by atoms with Crippen molar-refractivity contribution in [3.8, 4) is 0 Å². The number of imidazole rings is 1. The topological polar surface area (TPSA) is 111 Å². The number of nitrogens with one attached hydrogen (secondary N) is 2. The molecule has 0 atom stereocenters. The molecule has 7 nitrogen and oxygen atoms in total. The van der Waals surface area contributed by atoms with Crippen LogP contribution >= 0.6 is 11.3 Å². The number of carbonyl (C=O) groups excluding carboxylic acids is 1. The molecule has 0 spiro atoms. The van der Waals surface area contributed by atoms with Crippen molar-refractivity contribution in [1.29, 1.82) is 0 Å². The molecule has 2 heterocycles. The van der Waals surface area contributed by atoms with Crippen LogP contribution in [0, 0.1) is 0 Å². The summed E-state index contributed by atoms with van der Waals surface area (Å²) in [5.74, 6) is 0.490. The number of rotatable bonds is 6. The normalized spacial score (nSPS) is 15.6. The first kappa shape index (κ1) is 16.9. The Kier molecular flexibility index (Phi) is 4.08. The van der Waals surface area contributed by atoms with Crippen LogP contribution in [0.4, 0.5) is 17.5 Å². The fraction of sp³-hybridized carbons (Fsp3) is 0.333. The zero-order chi connectivity index (χ0) is 18.3. The minimum Gasteiger partial charge on any atom is -0.364 e. The van der Waals surface area contributed by atoms with E-state index in [-0.39, 0.29) is 5.54 Å². The van der Waals surface area contributed by atoms with Crippen LogP contribution in [0.5, 0.6) is 0 Å². The third-order valence-corrected chi connectivity index (χ3v) is 5.89. The summed E-state index contributed by atoms with van der Waals surface area (Å²) < 4.78 is 2.89. The first-order valence-corrected chi connectivity index (χ1v) is 9.47. The number of nitrogens with zero attached hydrogens (tertiary/aromatic N) is 2. The van der Waals surface area contributed by atoms with Gasteiger partial charge < -0.3 is 26.7 Å². The Bertz CT molecular complexity index is 971. The number of hydrogen-bond acceptors (Lipinski definition) is 6. The zero-order valence-corrected chi connectivity index (χ0v) is 15.4. The van der Waals surface area contributed by atoms with Crippen LogP contribution in [0.3, 0.4) is 0 Å². The Morgan fingerprint density at radius 1 is 1.38 bits per heavy atom. The number of aromatic nitrogens is 2. The van der Waals surface area contributed by atoms with Crippen molar-refractivity contribution in [3.63, 3.8) is 0 Å². The number of fused-ring (bicyclic) bond motifs is 1. The molecule has 6 N–H and O–H groups in total. The first-order chi connectivity index (χ1) is 12.5. The number of carbonyl (C=O) groups is 1. The molecule has 1 aromatic carbocycles. The van der Waals surface area contributed by atoms with Gasteiger partial charge in [-0.05, 0) is 54.3 Å². The van der Waals surface area contributed by atoms with Crippen molar-refractivity contribution in [2.75, 3.05) is 17.2 Å². The SMILES string of the molecule is Cn1c(NCC2(N)CCC2)nc(Nc2ccc3sccc3c2)c1C(N)=O. The fourth-order valence-corrected chi connectivity index (χ4v) is 4.04. The molecule has 1 amide bonds. The molecule has 1 aliphatic carbocycles. The minimum atomic E-state index is -0.529. The standard InChI is InChI=1S/C18H22N6OS/c1-24-14(15(19)25)16(23-17(24)21-10-18(20)6-2-7-18)22-12-3-4-13-11(9-12)5-8-26-13/h3-5,8-9,22H,2,6-7,10,20H2,1H3,(H2,19,25)(H,21,23). The molecule has 0 radical (unpaired) electrons. The lowest BCUT2D eigenvalue weighted by atomic mass is 9.78. The van der Waals surface area contributed by atoms with Crippen LogP contribution in [0.1, 0.15) is 29.8 Å². The maximum Gasteiger partial charge on any atom is 0.269 e. The summed E-state index contributed by atoms with van der Waals surface area (Å²) in [6.45, 7) is 0.621. The number of benzene rings is 1. The van der Waals surface area contributed by atoms with Gasteiger partial charge in [-0.2, -0.15) is 4.98 Å². The predicted molar refractivity (Wildman–Crippen MR) is 106 cm³/mol. The van der Waals surface area contributed by atoms with E-state index in [0.717, 1.165) is 30.3 Å². The van der Waals surface area contributed by atoms with Crippen LogP contribution in [0.15, 0.2) is 29.6 Å². The average molecular weight is 370 g/mol. The van der Waals surface area contributed by atoms with E-state index in [1.54, 1.807) is 23.0 Å². The Labute approximate surface area is 155 Å². The second kappa shape index (κ2) is 6.30. The lowest BCUT2D eigenvalue weighted by Crippen LogP contribution is -2.52. The molecule has 3 aromatic rings. The van der Waals surface area contributed by atoms with E-state index in [0.29, 0.717) is 24.0 Å². The van der Waals surface area contributed by atoms with Gasteiger partial charge in [0.05, 0.1) is 0 Å². The van der Waals surface area contributed by atoms with E-state index in [1.165, 1.54) is 4.70 Å². The Balaban J connectivity index is 1.61. The third-order valence-electron chi connectivity index (χ3n) is 4.99. The maximum absolute atomic E-state index is 12.0. The van der Waals surface area contributed by atoms with Gasteiger partial charge in [0.15, 0.2) is 11.5 Å². The van der Waals surface area contributed by atoms with Gasteiger partial charge in [-0.15, -0.1) is 11.3 Å².